The van der Waals surface area contributed by atoms with Gasteiger partial charge >= 0.3 is 5.97 Å². The molecular weight excluding hydrogens is 443 g/mol. The molecular formula is C30H41FO4. The number of esters is 1. The molecule has 0 aromatic heterocycles. The molecule has 1 saturated heterocycles. The van der Waals surface area contributed by atoms with Crippen molar-refractivity contribution in [2.24, 2.45) is 5.92 Å². The molecule has 1 aliphatic rings. The highest BCUT2D eigenvalue weighted by Gasteiger charge is 2.26. The first-order valence-corrected chi connectivity index (χ1v) is 13.4. The van der Waals surface area contributed by atoms with Crippen LogP contribution in [0.3, 0.4) is 0 Å². The van der Waals surface area contributed by atoms with Gasteiger partial charge in [0.1, 0.15) is 11.6 Å². The zero-order valence-corrected chi connectivity index (χ0v) is 21.4. The van der Waals surface area contributed by atoms with Crippen LogP contribution in [0.4, 0.5) is 4.39 Å². The van der Waals surface area contributed by atoms with Crippen LogP contribution in [0.5, 0.6) is 5.75 Å². The van der Waals surface area contributed by atoms with Crippen LogP contribution < -0.4 is 4.74 Å². The van der Waals surface area contributed by atoms with Gasteiger partial charge in [-0.2, -0.15) is 0 Å². The number of carbonyl (C=O) groups is 1. The molecule has 0 unspecified atom stereocenters. The summed E-state index contributed by atoms with van der Waals surface area (Å²) in [5.74, 6) is -0.296. The summed E-state index contributed by atoms with van der Waals surface area (Å²) < 4.78 is 31.8. The van der Waals surface area contributed by atoms with Gasteiger partial charge in [0.2, 0.25) is 0 Å². The Balaban J connectivity index is 1.46. The molecule has 4 nitrogen and oxygen atoms in total. The molecule has 2 aromatic carbocycles. The second-order valence-electron chi connectivity index (χ2n) is 9.65. The number of ether oxygens (including phenoxy) is 3. The Bertz CT molecular complexity index is 888. The number of aryl methyl sites for hydroxylation is 1. The molecule has 0 aliphatic carbocycles. The topological polar surface area (TPSA) is 44.8 Å². The Kier molecular flexibility index (Phi) is 11.7. The summed E-state index contributed by atoms with van der Waals surface area (Å²) in [7, 11) is 0. The minimum absolute atomic E-state index is 0.163. The number of halogens is 1. The van der Waals surface area contributed by atoms with Crippen molar-refractivity contribution in [3.63, 3.8) is 0 Å². The van der Waals surface area contributed by atoms with Gasteiger partial charge < -0.3 is 14.2 Å². The van der Waals surface area contributed by atoms with E-state index in [1.54, 1.807) is 24.3 Å². The van der Waals surface area contributed by atoms with Gasteiger partial charge in [-0.25, -0.2) is 9.18 Å². The van der Waals surface area contributed by atoms with Gasteiger partial charge in [0.15, 0.2) is 6.29 Å². The lowest BCUT2D eigenvalue weighted by atomic mass is 10.0. The molecule has 35 heavy (non-hydrogen) atoms. The Morgan fingerprint density at radius 1 is 0.886 bits per heavy atom. The van der Waals surface area contributed by atoms with E-state index in [1.165, 1.54) is 63.0 Å². The van der Waals surface area contributed by atoms with Gasteiger partial charge in [0.05, 0.1) is 18.8 Å². The number of rotatable bonds is 14. The average Bonchev–Trinajstić information content (AvgIpc) is 2.88. The van der Waals surface area contributed by atoms with Crippen LogP contribution in [0, 0.1) is 11.7 Å². The van der Waals surface area contributed by atoms with Crippen molar-refractivity contribution in [3.8, 4) is 5.75 Å². The predicted molar refractivity (Wildman–Crippen MR) is 137 cm³/mol. The summed E-state index contributed by atoms with van der Waals surface area (Å²) in [6.45, 7) is 5.53. The lowest BCUT2D eigenvalue weighted by Gasteiger charge is -2.29. The van der Waals surface area contributed by atoms with Gasteiger partial charge in [-0.15, -0.1) is 0 Å². The monoisotopic (exact) mass is 484 g/mol. The SMILES string of the molecule is CCCCCCCCc1ccc(OC(=O)c2ccc(C3OCC(CCCCC)CO3)c(F)c2)cc1. The summed E-state index contributed by atoms with van der Waals surface area (Å²) in [6, 6.07) is 11.9. The maximum Gasteiger partial charge on any atom is 0.343 e. The van der Waals surface area contributed by atoms with Crippen molar-refractivity contribution < 1.29 is 23.4 Å². The number of unbranched alkanes of at least 4 members (excludes halogenated alkanes) is 7. The number of carbonyl (C=O) groups excluding carboxylic acids is 1. The Morgan fingerprint density at radius 2 is 1.54 bits per heavy atom. The molecule has 1 aliphatic heterocycles. The largest absolute Gasteiger partial charge is 0.423 e. The van der Waals surface area contributed by atoms with E-state index in [4.69, 9.17) is 14.2 Å². The molecule has 0 saturated carbocycles. The van der Waals surface area contributed by atoms with Gasteiger partial charge in [-0.3, -0.25) is 0 Å². The zero-order valence-electron chi connectivity index (χ0n) is 21.4. The molecule has 5 heteroatoms. The van der Waals surface area contributed by atoms with Crippen molar-refractivity contribution >= 4 is 5.97 Å². The van der Waals surface area contributed by atoms with E-state index in [-0.39, 0.29) is 5.56 Å². The van der Waals surface area contributed by atoms with Crippen molar-refractivity contribution in [1.29, 1.82) is 0 Å². The van der Waals surface area contributed by atoms with Crippen LogP contribution in [-0.4, -0.2) is 19.2 Å². The minimum atomic E-state index is -0.735. The second kappa shape index (κ2) is 15.0. The summed E-state index contributed by atoms with van der Waals surface area (Å²) in [6.07, 6.45) is 12.5. The molecule has 0 bridgehead atoms. The van der Waals surface area contributed by atoms with E-state index in [9.17, 15) is 9.18 Å². The summed E-state index contributed by atoms with van der Waals surface area (Å²) in [5.41, 5.74) is 1.71. The number of hydrogen-bond donors (Lipinski definition) is 0. The van der Waals surface area contributed by atoms with Crippen LogP contribution in [0.25, 0.3) is 0 Å². The number of benzene rings is 2. The first-order chi connectivity index (χ1) is 17.1. The predicted octanol–water partition coefficient (Wildman–Crippen LogP) is 8.19. The standard InChI is InChI=1S/C30H41FO4/c1-3-5-7-8-9-11-12-23-14-17-26(18-15-23)35-29(32)25-16-19-27(28(31)20-25)30-33-21-24(22-34-30)13-10-6-4-2/h14-20,24,30H,3-13,21-22H2,1-2H3. The van der Waals surface area contributed by atoms with Crippen LogP contribution >= 0.6 is 0 Å². The van der Waals surface area contributed by atoms with Crippen LogP contribution in [0.2, 0.25) is 0 Å². The molecule has 0 spiro atoms. The van der Waals surface area contributed by atoms with Gasteiger partial charge in [0.25, 0.3) is 0 Å². The van der Waals surface area contributed by atoms with E-state index >= 15 is 0 Å². The second-order valence-corrected chi connectivity index (χ2v) is 9.65. The highest BCUT2D eigenvalue weighted by molar-refractivity contribution is 5.91. The molecule has 0 amide bonds. The van der Waals surface area contributed by atoms with Crippen LogP contribution in [-0.2, 0) is 15.9 Å². The molecule has 2 aromatic rings. The quantitative estimate of drug-likeness (QED) is 0.154. The van der Waals surface area contributed by atoms with Gasteiger partial charge in [-0.05, 0) is 49.1 Å². The van der Waals surface area contributed by atoms with E-state index in [1.807, 2.05) is 12.1 Å². The Labute approximate surface area is 210 Å². The zero-order chi connectivity index (χ0) is 24.9. The van der Waals surface area contributed by atoms with Crippen molar-refractivity contribution in [1.82, 2.24) is 0 Å². The van der Waals surface area contributed by atoms with Crippen LogP contribution in [0.1, 0.15) is 106 Å². The third kappa shape index (κ3) is 9.05. The molecule has 0 radical (unpaired) electrons. The first kappa shape index (κ1) is 27.3. The van der Waals surface area contributed by atoms with Gasteiger partial charge in [0, 0.05) is 11.5 Å². The first-order valence-electron chi connectivity index (χ1n) is 13.4. The van der Waals surface area contributed by atoms with Crippen molar-refractivity contribution in [2.45, 2.75) is 90.8 Å². The van der Waals surface area contributed by atoms with Gasteiger partial charge in [-0.1, -0.05) is 83.4 Å². The Hall–Kier alpha value is -2.24. The smallest absolute Gasteiger partial charge is 0.343 e. The summed E-state index contributed by atoms with van der Waals surface area (Å²) >= 11 is 0. The van der Waals surface area contributed by atoms with Crippen molar-refractivity contribution in [3.05, 3.63) is 65.0 Å². The molecule has 1 fully saturated rings. The molecule has 0 atom stereocenters. The minimum Gasteiger partial charge on any atom is -0.423 e. The third-order valence-corrected chi connectivity index (χ3v) is 6.63. The highest BCUT2D eigenvalue weighted by atomic mass is 19.1. The highest BCUT2D eigenvalue weighted by Crippen LogP contribution is 2.29. The fraction of sp³-hybridized carbons (Fsp3) is 0.567. The van der Waals surface area contributed by atoms with Crippen molar-refractivity contribution in [2.75, 3.05) is 13.2 Å². The maximum absolute atomic E-state index is 14.8. The van der Waals surface area contributed by atoms with E-state index in [0.29, 0.717) is 30.4 Å². The van der Waals surface area contributed by atoms with Crippen LogP contribution in [0.15, 0.2) is 42.5 Å². The fourth-order valence-corrected chi connectivity index (χ4v) is 4.42. The Morgan fingerprint density at radius 3 is 2.23 bits per heavy atom. The van der Waals surface area contributed by atoms with E-state index < -0.39 is 18.1 Å². The maximum atomic E-state index is 14.8. The summed E-state index contributed by atoms with van der Waals surface area (Å²) in [5, 5.41) is 0. The normalized spacial score (nSPS) is 17.9. The lowest BCUT2D eigenvalue weighted by molar-refractivity contribution is -0.207. The summed E-state index contributed by atoms with van der Waals surface area (Å²) in [4.78, 5) is 12.6. The third-order valence-electron chi connectivity index (χ3n) is 6.63. The number of hydrogen-bond acceptors (Lipinski definition) is 4. The molecule has 3 rings (SSSR count). The fourth-order valence-electron chi connectivity index (χ4n) is 4.42. The lowest BCUT2D eigenvalue weighted by Crippen LogP contribution is -2.27. The van der Waals surface area contributed by atoms with E-state index in [0.717, 1.165) is 19.3 Å². The van der Waals surface area contributed by atoms with E-state index in [2.05, 4.69) is 13.8 Å². The average molecular weight is 485 g/mol. The molecule has 0 N–H and O–H groups in total. The molecule has 1 heterocycles. The molecule has 192 valence electrons.